The van der Waals surface area contributed by atoms with E-state index in [1.807, 2.05) is 6.07 Å². The Kier molecular flexibility index (Phi) is 9.57. The number of nitriles is 1. The molecule has 1 unspecified atom stereocenters. The lowest BCUT2D eigenvalue weighted by Gasteiger charge is -2.39. The van der Waals surface area contributed by atoms with Gasteiger partial charge in [0.25, 0.3) is 5.92 Å². The molecule has 0 radical (unpaired) electrons. The average Bonchev–Trinajstić information content (AvgIpc) is 3.39. The van der Waals surface area contributed by atoms with E-state index >= 15 is 0 Å². The highest BCUT2D eigenvalue weighted by Gasteiger charge is 2.50. The number of ether oxygens (including phenoxy) is 1. The van der Waals surface area contributed by atoms with E-state index in [-0.39, 0.29) is 38.8 Å². The number of benzene rings is 1. The lowest BCUT2D eigenvalue weighted by Crippen LogP contribution is -2.53. The SMILES string of the molecule is CC(C)(CC(C#N)C(=O)N1C[C@@H](F)C[C@]1(C)COC(=O)N[C@@H](Cc1ccccc1)B(O)O)N1CCC(F)(F)C1. The van der Waals surface area contributed by atoms with Crippen LogP contribution in [-0.2, 0) is 16.0 Å². The van der Waals surface area contributed by atoms with Crippen molar-refractivity contribution in [3.63, 3.8) is 0 Å². The molecule has 4 atom stereocenters. The van der Waals surface area contributed by atoms with Gasteiger partial charge >= 0.3 is 13.2 Å². The molecule has 0 aromatic heterocycles. The maximum atomic E-state index is 14.6. The van der Waals surface area contributed by atoms with E-state index in [0.717, 1.165) is 5.56 Å². The molecule has 0 bridgehead atoms. The van der Waals surface area contributed by atoms with Gasteiger partial charge < -0.3 is 25.0 Å². The highest BCUT2D eigenvalue weighted by Crippen LogP contribution is 2.37. The summed E-state index contributed by atoms with van der Waals surface area (Å²) in [6, 6.07) is 10.8. The Labute approximate surface area is 227 Å². The quantitative estimate of drug-likeness (QED) is 0.381. The van der Waals surface area contributed by atoms with Crippen molar-refractivity contribution in [1.82, 2.24) is 15.1 Å². The van der Waals surface area contributed by atoms with Gasteiger partial charge in [0.05, 0.1) is 30.6 Å². The number of alkyl carbamates (subject to hydrolysis) is 1. The maximum absolute atomic E-state index is 14.6. The van der Waals surface area contributed by atoms with Gasteiger partial charge in [-0.3, -0.25) is 9.69 Å². The van der Waals surface area contributed by atoms with Gasteiger partial charge in [0.15, 0.2) is 0 Å². The van der Waals surface area contributed by atoms with Crippen LogP contribution in [0.25, 0.3) is 0 Å². The van der Waals surface area contributed by atoms with Crippen molar-refractivity contribution in [2.75, 3.05) is 26.2 Å². The summed E-state index contributed by atoms with van der Waals surface area (Å²) >= 11 is 0. The number of likely N-dealkylation sites (tertiary alicyclic amines) is 2. The number of alkyl halides is 3. The third-order valence-electron chi connectivity index (χ3n) is 7.62. The fourth-order valence-corrected chi connectivity index (χ4v) is 5.33. The lowest BCUT2D eigenvalue weighted by molar-refractivity contribution is -0.140. The molecule has 0 aliphatic carbocycles. The second-order valence-electron chi connectivity index (χ2n) is 11.4. The predicted molar refractivity (Wildman–Crippen MR) is 137 cm³/mol. The Balaban J connectivity index is 1.64. The maximum Gasteiger partial charge on any atom is 0.475 e. The molecule has 2 fully saturated rings. The summed E-state index contributed by atoms with van der Waals surface area (Å²) in [7, 11) is -1.87. The van der Waals surface area contributed by atoms with Gasteiger partial charge in [-0.1, -0.05) is 30.3 Å². The number of hydrogen-bond acceptors (Lipinski definition) is 7. The first-order chi connectivity index (χ1) is 18.2. The molecule has 2 saturated heterocycles. The number of nitrogens with one attached hydrogen (secondary N) is 1. The van der Waals surface area contributed by atoms with Crippen LogP contribution in [0.1, 0.15) is 45.6 Å². The fraction of sp³-hybridized carbons (Fsp3) is 0.654. The van der Waals surface area contributed by atoms with E-state index < -0.39 is 67.3 Å². The predicted octanol–water partition coefficient (Wildman–Crippen LogP) is 2.31. The molecule has 13 heteroatoms. The second kappa shape index (κ2) is 12.1. The topological polar surface area (TPSA) is 126 Å². The number of carbonyl (C=O) groups excluding carboxylic acids is 2. The lowest BCUT2D eigenvalue weighted by atomic mass is 9.76. The van der Waals surface area contributed by atoms with Crippen molar-refractivity contribution in [2.45, 2.75) is 75.6 Å². The number of carbonyl (C=O) groups is 2. The Morgan fingerprint density at radius 1 is 1.31 bits per heavy atom. The minimum atomic E-state index is -2.83. The summed E-state index contributed by atoms with van der Waals surface area (Å²) in [6.45, 7) is 3.91. The highest BCUT2D eigenvalue weighted by molar-refractivity contribution is 6.43. The van der Waals surface area contributed by atoms with Gasteiger partial charge in [-0.15, -0.1) is 0 Å². The van der Waals surface area contributed by atoms with Gasteiger partial charge in [0.1, 0.15) is 18.7 Å². The van der Waals surface area contributed by atoms with Crippen molar-refractivity contribution in [3.8, 4) is 6.07 Å². The normalized spacial score (nSPS) is 24.6. The molecule has 0 spiro atoms. The zero-order valence-corrected chi connectivity index (χ0v) is 22.4. The first-order valence-corrected chi connectivity index (χ1v) is 13.0. The summed E-state index contributed by atoms with van der Waals surface area (Å²) < 4.78 is 47.4. The molecule has 2 aliphatic rings. The van der Waals surface area contributed by atoms with Crippen LogP contribution in [0.15, 0.2) is 30.3 Å². The molecule has 3 rings (SSSR count). The van der Waals surface area contributed by atoms with E-state index in [2.05, 4.69) is 5.32 Å². The number of nitrogens with zero attached hydrogens (tertiary/aromatic N) is 3. The monoisotopic (exact) mass is 552 g/mol. The van der Waals surface area contributed by atoms with E-state index in [0.29, 0.717) is 0 Å². The van der Waals surface area contributed by atoms with Crippen LogP contribution in [0.5, 0.6) is 0 Å². The molecule has 39 heavy (non-hydrogen) atoms. The zero-order chi connectivity index (χ0) is 29.0. The number of rotatable bonds is 10. The first-order valence-electron chi connectivity index (χ1n) is 13.0. The molecular formula is C26H36BF3N4O5. The summed E-state index contributed by atoms with van der Waals surface area (Å²) in [6.07, 6.45) is -2.74. The van der Waals surface area contributed by atoms with Crippen molar-refractivity contribution < 1.29 is 37.5 Å². The van der Waals surface area contributed by atoms with Crippen LogP contribution in [0.4, 0.5) is 18.0 Å². The van der Waals surface area contributed by atoms with E-state index in [4.69, 9.17) is 4.74 Å². The molecule has 1 aromatic rings. The van der Waals surface area contributed by atoms with E-state index in [9.17, 15) is 38.1 Å². The van der Waals surface area contributed by atoms with Crippen LogP contribution in [0.3, 0.4) is 0 Å². The third kappa shape index (κ3) is 7.87. The average molecular weight is 552 g/mol. The smallest absolute Gasteiger partial charge is 0.447 e. The summed E-state index contributed by atoms with van der Waals surface area (Å²) in [5.41, 5.74) is -1.39. The van der Waals surface area contributed by atoms with Crippen molar-refractivity contribution in [3.05, 3.63) is 35.9 Å². The number of amides is 2. The molecule has 0 saturated carbocycles. The van der Waals surface area contributed by atoms with Gasteiger partial charge in [-0.05, 0) is 39.2 Å². The molecular weight excluding hydrogens is 516 g/mol. The number of halogens is 3. The van der Waals surface area contributed by atoms with Crippen LogP contribution >= 0.6 is 0 Å². The van der Waals surface area contributed by atoms with Crippen LogP contribution in [-0.4, -0.2) is 94.3 Å². The first kappa shape index (κ1) is 30.7. The zero-order valence-electron chi connectivity index (χ0n) is 22.4. The Bertz CT molecular complexity index is 1060. The standard InChI is InChI=1S/C26H36BF3N4O5/c1-24(2,33-10-9-26(29,30)16-33)12-19(14-31)22(35)34-15-20(28)13-25(34,3)17-39-23(36)32-21(27(37)38)11-18-7-5-4-6-8-18/h4-8,19-21,37-38H,9-13,15-17H2,1-3H3,(H,32,36)/t19?,20-,21-,25+/m0/s1. The van der Waals surface area contributed by atoms with Gasteiger partial charge in [0.2, 0.25) is 5.91 Å². The van der Waals surface area contributed by atoms with Crippen molar-refractivity contribution >= 4 is 19.1 Å². The van der Waals surface area contributed by atoms with Crippen LogP contribution in [0.2, 0.25) is 0 Å². The van der Waals surface area contributed by atoms with E-state index in [1.165, 1.54) is 4.90 Å². The summed E-state index contributed by atoms with van der Waals surface area (Å²) in [5.74, 6) is -5.78. The van der Waals surface area contributed by atoms with Gasteiger partial charge in [-0.2, -0.15) is 5.26 Å². The largest absolute Gasteiger partial charge is 0.475 e. The summed E-state index contributed by atoms with van der Waals surface area (Å²) in [5, 5.41) is 31.6. The minimum Gasteiger partial charge on any atom is -0.447 e. The van der Waals surface area contributed by atoms with Crippen LogP contribution < -0.4 is 5.32 Å². The fourth-order valence-electron chi connectivity index (χ4n) is 5.33. The van der Waals surface area contributed by atoms with Crippen LogP contribution in [0, 0.1) is 17.2 Å². The Morgan fingerprint density at radius 3 is 2.54 bits per heavy atom. The number of hydrogen-bond donors (Lipinski definition) is 3. The second-order valence-corrected chi connectivity index (χ2v) is 11.4. The van der Waals surface area contributed by atoms with Gasteiger partial charge in [-0.25, -0.2) is 18.0 Å². The highest BCUT2D eigenvalue weighted by atomic mass is 19.3. The molecule has 2 heterocycles. The van der Waals surface area contributed by atoms with E-state index in [1.54, 1.807) is 56.0 Å². The molecule has 1 aromatic carbocycles. The summed E-state index contributed by atoms with van der Waals surface area (Å²) in [4.78, 5) is 28.7. The molecule has 214 valence electrons. The van der Waals surface area contributed by atoms with Gasteiger partial charge in [0, 0.05) is 24.9 Å². The molecule has 2 amide bonds. The Morgan fingerprint density at radius 2 is 1.97 bits per heavy atom. The third-order valence-corrected chi connectivity index (χ3v) is 7.62. The molecule has 3 N–H and O–H groups in total. The van der Waals surface area contributed by atoms with Crippen molar-refractivity contribution in [1.29, 1.82) is 5.26 Å². The molecule has 2 aliphatic heterocycles. The van der Waals surface area contributed by atoms with Crippen molar-refractivity contribution in [2.24, 2.45) is 5.92 Å². The Hall–Kier alpha value is -2.82. The minimum absolute atomic E-state index is 0.0289. The molecule has 9 nitrogen and oxygen atoms in total.